The van der Waals surface area contributed by atoms with E-state index in [2.05, 4.69) is 10.6 Å². The Morgan fingerprint density at radius 1 is 1.18 bits per heavy atom. The van der Waals surface area contributed by atoms with Crippen molar-refractivity contribution in [2.45, 2.75) is 26.0 Å². The maximum absolute atomic E-state index is 12.1. The zero-order valence-corrected chi connectivity index (χ0v) is 14.8. The lowest BCUT2D eigenvalue weighted by Crippen LogP contribution is -2.40. The molecule has 1 aromatic rings. The van der Waals surface area contributed by atoms with E-state index < -0.39 is 0 Å². The summed E-state index contributed by atoms with van der Waals surface area (Å²) >= 11 is 3.46. The van der Waals surface area contributed by atoms with E-state index in [1.54, 1.807) is 23.5 Å². The molecule has 0 aliphatic carbocycles. The van der Waals surface area contributed by atoms with E-state index in [1.165, 1.54) is 5.56 Å². The van der Waals surface area contributed by atoms with Crippen molar-refractivity contribution in [3.63, 3.8) is 0 Å². The van der Waals surface area contributed by atoms with E-state index in [0.717, 1.165) is 34.1 Å². The van der Waals surface area contributed by atoms with E-state index in [0.29, 0.717) is 0 Å². The number of thioether (sulfide) groups is 2. The van der Waals surface area contributed by atoms with Gasteiger partial charge in [0, 0.05) is 22.9 Å². The standard InChI is InChI=1S/C16H22N2O2S2/c1-10-6-11(2)15(12(3)7-10)18-14(19)8-17-16(20)13-9-21-4-5-22-13/h6-7,13H,4-5,8-9H2,1-3H3,(H,17,20)(H,18,19). The van der Waals surface area contributed by atoms with Crippen molar-refractivity contribution in [1.82, 2.24) is 5.32 Å². The second-order valence-electron chi connectivity index (χ2n) is 5.47. The van der Waals surface area contributed by atoms with Gasteiger partial charge in [0.15, 0.2) is 0 Å². The molecule has 1 atom stereocenters. The van der Waals surface area contributed by atoms with Crippen molar-refractivity contribution >= 4 is 41.0 Å². The monoisotopic (exact) mass is 338 g/mol. The molecule has 2 N–H and O–H groups in total. The Bertz CT molecular complexity index is 546. The molecule has 2 rings (SSSR count). The van der Waals surface area contributed by atoms with Crippen LogP contribution in [0, 0.1) is 20.8 Å². The van der Waals surface area contributed by atoms with Crippen LogP contribution in [-0.2, 0) is 9.59 Å². The van der Waals surface area contributed by atoms with Gasteiger partial charge in [-0.3, -0.25) is 9.59 Å². The Labute approximate surface area is 140 Å². The lowest BCUT2D eigenvalue weighted by molar-refractivity contribution is -0.123. The molecule has 1 aliphatic rings. The van der Waals surface area contributed by atoms with Gasteiger partial charge in [-0.05, 0) is 31.9 Å². The molecule has 22 heavy (non-hydrogen) atoms. The largest absolute Gasteiger partial charge is 0.346 e. The number of anilines is 1. The molecular weight excluding hydrogens is 316 g/mol. The van der Waals surface area contributed by atoms with Crippen LogP contribution in [0.4, 0.5) is 5.69 Å². The Morgan fingerprint density at radius 2 is 1.86 bits per heavy atom. The highest BCUT2D eigenvalue weighted by Crippen LogP contribution is 2.24. The van der Waals surface area contributed by atoms with Crippen LogP contribution in [0.2, 0.25) is 0 Å². The summed E-state index contributed by atoms with van der Waals surface area (Å²) in [5, 5.41) is 5.60. The topological polar surface area (TPSA) is 58.2 Å². The van der Waals surface area contributed by atoms with E-state index >= 15 is 0 Å². The maximum Gasteiger partial charge on any atom is 0.243 e. The molecule has 0 aromatic heterocycles. The van der Waals surface area contributed by atoms with Crippen molar-refractivity contribution < 1.29 is 9.59 Å². The lowest BCUT2D eigenvalue weighted by atomic mass is 10.1. The molecule has 6 heteroatoms. The Balaban J connectivity index is 1.87. The van der Waals surface area contributed by atoms with Gasteiger partial charge in [-0.15, -0.1) is 11.8 Å². The van der Waals surface area contributed by atoms with Gasteiger partial charge < -0.3 is 10.6 Å². The molecule has 1 aliphatic heterocycles. The van der Waals surface area contributed by atoms with Gasteiger partial charge >= 0.3 is 0 Å². The summed E-state index contributed by atoms with van der Waals surface area (Å²) in [6.45, 7) is 6.01. The second kappa shape index (κ2) is 7.92. The minimum atomic E-state index is -0.183. The number of hydrogen-bond acceptors (Lipinski definition) is 4. The van der Waals surface area contributed by atoms with Crippen LogP contribution >= 0.6 is 23.5 Å². The predicted molar refractivity (Wildman–Crippen MR) is 95.9 cm³/mol. The number of nitrogens with one attached hydrogen (secondary N) is 2. The molecule has 0 saturated carbocycles. The summed E-state index contributed by atoms with van der Waals surface area (Å²) in [7, 11) is 0. The number of benzene rings is 1. The lowest BCUT2D eigenvalue weighted by Gasteiger charge is -2.20. The fraction of sp³-hybridized carbons (Fsp3) is 0.500. The van der Waals surface area contributed by atoms with Crippen LogP contribution in [0.3, 0.4) is 0 Å². The predicted octanol–water partition coefficient (Wildman–Crippen LogP) is 2.52. The van der Waals surface area contributed by atoms with E-state index in [1.807, 2.05) is 32.9 Å². The molecule has 1 heterocycles. The third-order valence-corrected chi connectivity index (χ3v) is 6.23. The Hall–Kier alpha value is -1.14. The van der Waals surface area contributed by atoms with Crippen molar-refractivity contribution in [2.75, 3.05) is 29.1 Å². The molecule has 1 aromatic carbocycles. The summed E-state index contributed by atoms with van der Waals surface area (Å²) in [6.07, 6.45) is 0. The number of rotatable bonds is 4. The third kappa shape index (κ3) is 4.68. The maximum atomic E-state index is 12.1. The van der Waals surface area contributed by atoms with Gasteiger partial charge in [-0.25, -0.2) is 0 Å². The third-order valence-electron chi connectivity index (χ3n) is 3.47. The number of aryl methyl sites for hydroxylation is 3. The first kappa shape index (κ1) is 17.2. The van der Waals surface area contributed by atoms with Crippen molar-refractivity contribution in [1.29, 1.82) is 0 Å². The summed E-state index contributed by atoms with van der Waals surface area (Å²) < 4.78 is 0. The quantitative estimate of drug-likeness (QED) is 0.886. The van der Waals surface area contributed by atoms with Gasteiger partial charge in [0.25, 0.3) is 0 Å². The van der Waals surface area contributed by atoms with Crippen molar-refractivity contribution in [3.05, 3.63) is 28.8 Å². The summed E-state index contributed by atoms with van der Waals surface area (Å²) in [6, 6.07) is 4.08. The summed E-state index contributed by atoms with van der Waals surface area (Å²) in [5.41, 5.74) is 4.09. The first-order valence-electron chi connectivity index (χ1n) is 7.32. The zero-order valence-electron chi connectivity index (χ0n) is 13.2. The van der Waals surface area contributed by atoms with E-state index in [9.17, 15) is 9.59 Å². The number of hydrogen-bond donors (Lipinski definition) is 2. The van der Waals surface area contributed by atoms with Crippen molar-refractivity contribution in [2.24, 2.45) is 0 Å². The molecule has 4 nitrogen and oxygen atoms in total. The molecular formula is C16H22N2O2S2. The van der Waals surface area contributed by atoms with Gasteiger partial charge in [0.1, 0.15) is 0 Å². The Kier molecular flexibility index (Phi) is 6.20. The fourth-order valence-corrected chi connectivity index (χ4v) is 5.06. The minimum Gasteiger partial charge on any atom is -0.346 e. The van der Waals surface area contributed by atoms with E-state index in [4.69, 9.17) is 0 Å². The van der Waals surface area contributed by atoms with Crippen LogP contribution in [0.15, 0.2) is 12.1 Å². The normalized spacial score (nSPS) is 17.9. The van der Waals surface area contributed by atoms with Gasteiger partial charge in [0.05, 0.1) is 11.8 Å². The van der Waals surface area contributed by atoms with Crippen LogP contribution < -0.4 is 10.6 Å². The van der Waals surface area contributed by atoms with Crippen LogP contribution in [0.5, 0.6) is 0 Å². The molecule has 1 saturated heterocycles. The first-order valence-corrected chi connectivity index (χ1v) is 9.52. The Morgan fingerprint density at radius 3 is 2.45 bits per heavy atom. The highest BCUT2D eigenvalue weighted by molar-refractivity contribution is 8.07. The number of carbonyl (C=O) groups is 2. The average Bonchev–Trinajstić information content (AvgIpc) is 2.49. The molecule has 1 unspecified atom stereocenters. The number of amides is 2. The summed E-state index contributed by atoms with van der Waals surface area (Å²) in [5.74, 6) is 2.70. The highest BCUT2D eigenvalue weighted by atomic mass is 32.2. The second-order valence-corrected chi connectivity index (χ2v) is 7.93. The van der Waals surface area contributed by atoms with Crippen molar-refractivity contribution in [3.8, 4) is 0 Å². The minimum absolute atomic E-state index is 0.0211. The molecule has 0 bridgehead atoms. The SMILES string of the molecule is Cc1cc(C)c(NC(=O)CNC(=O)C2CSCCS2)c(C)c1. The van der Waals surface area contributed by atoms with E-state index in [-0.39, 0.29) is 23.6 Å². The molecule has 0 radical (unpaired) electrons. The van der Waals surface area contributed by atoms with Gasteiger partial charge in [-0.1, -0.05) is 17.7 Å². The van der Waals surface area contributed by atoms with Crippen LogP contribution in [0.1, 0.15) is 16.7 Å². The highest BCUT2D eigenvalue weighted by Gasteiger charge is 2.22. The molecule has 120 valence electrons. The van der Waals surface area contributed by atoms with Gasteiger partial charge in [-0.2, -0.15) is 11.8 Å². The average molecular weight is 338 g/mol. The first-order chi connectivity index (χ1) is 10.5. The molecule has 0 spiro atoms. The van der Waals surface area contributed by atoms with Crippen LogP contribution in [-0.4, -0.2) is 40.9 Å². The fourth-order valence-electron chi connectivity index (χ4n) is 2.48. The zero-order chi connectivity index (χ0) is 16.1. The smallest absolute Gasteiger partial charge is 0.243 e. The van der Waals surface area contributed by atoms with Crippen LogP contribution in [0.25, 0.3) is 0 Å². The summed E-state index contributed by atoms with van der Waals surface area (Å²) in [4.78, 5) is 24.1. The van der Waals surface area contributed by atoms with Gasteiger partial charge in [0.2, 0.25) is 11.8 Å². The number of carbonyl (C=O) groups excluding carboxylic acids is 2. The molecule has 2 amide bonds. The molecule has 1 fully saturated rings.